The number of aliphatic carboxylic acids is 1. The lowest BCUT2D eigenvalue weighted by Gasteiger charge is -2.44. The van der Waals surface area contributed by atoms with E-state index in [1.807, 2.05) is 0 Å². The molecular weight excluding hydrogens is 543 g/mol. The van der Waals surface area contributed by atoms with Crippen LogP contribution in [-0.4, -0.2) is 124 Å². The van der Waals surface area contributed by atoms with Crippen molar-refractivity contribution in [3.05, 3.63) is 22.7 Å². The van der Waals surface area contributed by atoms with Crippen LogP contribution in [0.25, 0.3) is 0 Å². The number of nitrogen functional groups attached to an aromatic ring is 1. The highest BCUT2D eigenvalue weighted by atomic mass is 31.2. The molecule has 0 aliphatic carbocycles. The van der Waals surface area contributed by atoms with Gasteiger partial charge in [0.2, 0.25) is 0 Å². The van der Waals surface area contributed by atoms with E-state index in [0.717, 1.165) is 10.8 Å². The Kier molecular flexibility index (Phi) is 9.26. The number of anilines is 1. The predicted octanol–water partition coefficient (Wildman–Crippen LogP) is -5.45. The number of aromatic nitrogens is 2. The molecule has 38 heavy (non-hydrogen) atoms. The fourth-order valence-corrected chi connectivity index (χ4v) is 4.87. The summed E-state index contributed by atoms with van der Waals surface area (Å²) in [5.74, 6) is -5.35. The predicted molar refractivity (Wildman–Crippen MR) is 119 cm³/mol. The monoisotopic (exact) mass is 572 g/mol. The summed E-state index contributed by atoms with van der Waals surface area (Å²) in [6, 6.07) is 1.21. The second kappa shape index (κ2) is 11.6. The number of aliphatic hydroxyl groups is 6. The molecular formula is C18H29N4O15P. The third-order valence-electron chi connectivity index (χ3n) is 5.96. The third kappa shape index (κ3) is 6.20. The van der Waals surface area contributed by atoms with Crippen molar-refractivity contribution in [1.82, 2.24) is 9.55 Å². The lowest BCUT2D eigenvalue weighted by Crippen LogP contribution is -2.63. The van der Waals surface area contributed by atoms with Gasteiger partial charge >= 0.3 is 19.5 Å². The number of aliphatic hydroxyl groups excluding tert-OH is 6. The van der Waals surface area contributed by atoms with E-state index in [1.54, 1.807) is 0 Å². The van der Waals surface area contributed by atoms with Gasteiger partial charge in [-0.25, -0.2) is 18.7 Å². The Morgan fingerprint density at radius 3 is 2.50 bits per heavy atom. The van der Waals surface area contributed by atoms with E-state index in [2.05, 4.69) is 4.98 Å². The highest BCUT2D eigenvalue weighted by Gasteiger charge is 2.58. The lowest BCUT2D eigenvalue weighted by molar-refractivity contribution is -0.306. The van der Waals surface area contributed by atoms with Gasteiger partial charge in [-0.3, -0.25) is 9.09 Å². The van der Waals surface area contributed by atoms with Gasteiger partial charge in [-0.05, 0) is 6.07 Å². The number of hydrogen-bond donors (Lipinski definition) is 10. The number of carboxylic acids is 1. The zero-order valence-corrected chi connectivity index (χ0v) is 20.3. The Balaban J connectivity index is 1.74. The molecule has 3 rings (SSSR count). The van der Waals surface area contributed by atoms with Gasteiger partial charge in [0.05, 0.1) is 18.8 Å². The van der Waals surface area contributed by atoms with E-state index in [-0.39, 0.29) is 5.82 Å². The molecule has 216 valence electrons. The van der Waals surface area contributed by atoms with E-state index in [1.165, 1.54) is 6.07 Å². The number of hydrogen-bond acceptors (Lipinski definition) is 16. The van der Waals surface area contributed by atoms with Crippen LogP contribution in [0.15, 0.2) is 17.1 Å². The molecule has 2 aliphatic heterocycles. The Labute approximate surface area is 213 Å². The summed E-state index contributed by atoms with van der Waals surface area (Å²) >= 11 is 0. The van der Waals surface area contributed by atoms with Gasteiger partial charge in [0.15, 0.2) is 6.23 Å². The molecule has 2 fully saturated rings. The molecule has 0 radical (unpaired) electrons. The zero-order valence-electron chi connectivity index (χ0n) is 19.4. The van der Waals surface area contributed by atoms with Crippen LogP contribution in [0.3, 0.4) is 0 Å². The van der Waals surface area contributed by atoms with Crippen molar-refractivity contribution in [2.24, 2.45) is 5.73 Å². The average Bonchev–Trinajstić information content (AvgIpc) is 3.12. The SMILES string of the molecule is NC[C@@H](O)[C@@H](O)C1O[C@](OP(=O)(O)OC[C@H]2O[C@@H](n3ccc(N)nc3=O)[C@@H](O)C2O)(C(=O)O)C[C@@H](O)[C@H]1O. The van der Waals surface area contributed by atoms with E-state index >= 15 is 0 Å². The van der Waals surface area contributed by atoms with Crippen molar-refractivity contribution in [1.29, 1.82) is 0 Å². The van der Waals surface area contributed by atoms with Gasteiger partial charge in [0.1, 0.15) is 42.4 Å². The summed E-state index contributed by atoms with van der Waals surface area (Å²) in [4.78, 5) is 37.7. The number of nitrogens with two attached hydrogens (primary N) is 2. The lowest BCUT2D eigenvalue weighted by atomic mass is 9.91. The van der Waals surface area contributed by atoms with Gasteiger partial charge in [0, 0.05) is 19.2 Å². The average molecular weight is 572 g/mol. The third-order valence-corrected chi connectivity index (χ3v) is 6.96. The van der Waals surface area contributed by atoms with Crippen LogP contribution in [-0.2, 0) is 27.9 Å². The summed E-state index contributed by atoms with van der Waals surface area (Å²) in [5, 5.41) is 70.4. The number of phosphoric ester groups is 1. The molecule has 19 nitrogen and oxygen atoms in total. The van der Waals surface area contributed by atoms with Crippen LogP contribution in [0.1, 0.15) is 12.6 Å². The highest BCUT2D eigenvalue weighted by Crippen LogP contribution is 2.51. The van der Waals surface area contributed by atoms with Gasteiger partial charge < -0.3 is 61.6 Å². The van der Waals surface area contributed by atoms with Crippen molar-refractivity contribution in [2.75, 3.05) is 18.9 Å². The maximum atomic E-state index is 12.6. The largest absolute Gasteiger partial charge is 0.477 e. The quantitative estimate of drug-likeness (QED) is 0.117. The summed E-state index contributed by atoms with van der Waals surface area (Å²) in [6.07, 6.45) is -16.3. The zero-order chi connectivity index (χ0) is 28.6. The fourth-order valence-electron chi connectivity index (χ4n) is 3.91. The summed E-state index contributed by atoms with van der Waals surface area (Å²) in [7, 11) is -5.46. The number of ether oxygens (including phenoxy) is 2. The Hall–Kier alpha value is -2.10. The molecule has 0 spiro atoms. The van der Waals surface area contributed by atoms with Crippen molar-refractivity contribution in [3.8, 4) is 0 Å². The minimum Gasteiger partial charge on any atom is -0.477 e. The molecule has 3 heterocycles. The number of phosphoric acid groups is 1. The highest BCUT2D eigenvalue weighted by molar-refractivity contribution is 7.47. The molecule has 0 amide bonds. The van der Waals surface area contributed by atoms with Crippen molar-refractivity contribution in [3.63, 3.8) is 0 Å². The topological polar surface area (TPSA) is 320 Å². The van der Waals surface area contributed by atoms with Crippen LogP contribution >= 0.6 is 7.82 Å². The molecule has 1 aromatic rings. The van der Waals surface area contributed by atoms with E-state index in [4.69, 9.17) is 30.0 Å². The van der Waals surface area contributed by atoms with Crippen molar-refractivity contribution >= 4 is 19.6 Å². The molecule has 3 unspecified atom stereocenters. The van der Waals surface area contributed by atoms with Gasteiger partial charge in [-0.2, -0.15) is 4.98 Å². The first-order valence-corrected chi connectivity index (χ1v) is 12.5. The molecule has 2 aliphatic rings. The summed E-state index contributed by atoms with van der Waals surface area (Å²) < 4.78 is 33.3. The minimum atomic E-state index is -5.46. The molecule has 20 heteroatoms. The smallest absolute Gasteiger partial charge is 0.475 e. The maximum absolute atomic E-state index is 12.6. The summed E-state index contributed by atoms with van der Waals surface area (Å²) in [6.45, 7) is -1.54. The number of carbonyl (C=O) groups is 1. The van der Waals surface area contributed by atoms with E-state index < -0.39 is 99.9 Å². The van der Waals surface area contributed by atoms with Crippen molar-refractivity contribution < 1.29 is 68.5 Å². The molecule has 2 saturated heterocycles. The van der Waals surface area contributed by atoms with E-state index in [0.29, 0.717) is 0 Å². The van der Waals surface area contributed by atoms with Crippen LogP contribution in [0, 0.1) is 0 Å². The second-order valence-electron chi connectivity index (χ2n) is 8.64. The van der Waals surface area contributed by atoms with E-state index in [9.17, 15) is 54.8 Å². The van der Waals surface area contributed by atoms with Crippen LogP contribution in [0.4, 0.5) is 5.82 Å². The van der Waals surface area contributed by atoms with Crippen LogP contribution in [0.2, 0.25) is 0 Å². The standard InChI is InChI=1S/C18H29N4O15P/c19-4-7(24)11(26)14-10(25)6(23)3-18(36-14,16(29)30)37-38(32,33)34-5-8-12(27)13(28)15(35-8)22-2-1-9(20)21-17(22)31/h1-2,6-8,10-15,23-28H,3-5,19H2,(H,29,30)(H,32,33)(H2,20,21,31)/t6-,7-,8-,10-,11-,12?,13+,14?,15-,18-/m1/s1. The number of rotatable bonds is 10. The molecule has 0 bridgehead atoms. The molecule has 1 aromatic heterocycles. The van der Waals surface area contributed by atoms with Crippen molar-refractivity contribution in [2.45, 2.75) is 67.3 Å². The molecule has 0 saturated carbocycles. The Morgan fingerprint density at radius 2 is 1.92 bits per heavy atom. The molecule has 0 aromatic carbocycles. The second-order valence-corrected chi connectivity index (χ2v) is 10.0. The maximum Gasteiger partial charge on any atom is 0.475 e. The first-order chi connectivity index (χ1) is 17.6. The Morgan fingerprint density at radius 1 is 1.26 bits per heavy atom. The fraction of sp³-hybridized carbons (Fsp3) is 0.722. The summed E-state index contributed by atoms with van der Waals surface area (Å²) in [5.41, 5.74) is 9.69. The Bertz CT molecular complexity index is 1110. The molecule has 11 atom stereocenters. The van der Waals surface area contributed by atoms with Gasteiger partial charge in [-0.1, -0.05) is 0 Å². The normalized spacial score (nSPS) is 36.9. The first-order valence-electron chi connectivity index (χ1n) is 11.0. The van der Waals surface area contributed by atoms with Crippen LogP contribution < -0.4 is 17.2 Å². The number of carboxylic acid groups (broad SMARTS) is 1. The van der Waals surface area contributed by atoms with Gasteiger partial charge in [0.25, 0.3) is 5.79 Å². The number of nitrogens with zero attached hydrogens (tertiary/aromatic N) is 2. The van der Waals surface area contributed by atoms with Gasteiger partial charge in [-0.15, -0.1) is 0 Å². The molecule has 12 N–H and O–H groups in total. The minimum absolute atomic E-state index is 0.125. The van der Waals surface area contributed by atoms with Crippen LogP contribution in [0.5, 0.6) is 0 Å². The first kappa shape index (κ1) is 30.4.